The molecule has 3 aromatic rings. The molecule has 0 aliphatic carbocycles. The van der Waals surface area contributed by atoms with E-state index < -0.39 is 15.4 Å². The lowest BCUT2D eigenvalue weighted by molar-refractivity contribution is -0.116. The van der Waals surface area contributed by atoms with Crippen molar-refractivity contribution < 1.29 is 13.2 Å². The molecular weight excluding hydrogens is 370 g/mol. The van der Waals surface area contributed by atoms with E-state index in [1.807, 2.05) is 0 Å². The van der Waals surface area contributed by atoms with E-state index in [0.717, 1.165) is 10.9 Å². The summed E-state index contributed by atoms with van der Waals surface area (Å²) in [6.45, 7) is 0.00611. The minimum absolute atomic E-state index is 0.00611. The van der Waals surface area contributed by atoms with Crippen LogP contribution in [0.4, 0.5) is 5.69 Å². The number of amides is 1. The van der Waals surface area contributed by atoms with Crippen LogP contribution in [0.2, 0.25) is 0 Å². The number of rotatable bonds is 5. The minimum Gasteiger partial charge on any atom is -0.326 e. The van der Waals surface area contributed by atoms with Crippen LogP contribution in [-0.4, -0.2) is 30.4 Å². The zero-order valence-electron chi connectivity index (χ0n) is 14.4. The van der Waals surface area contributed by atoms with Crippen molar-refractivity contribution in [2.24, 2.45) is 0 Å². The Morgan fingerprint density at radius 3 is 2.30 bits per heavy atom. The molecule has 0 atom stereocenters. The number of carbonyl (C=O) groups is 1. The van der Waals surface area contributed by atoms with Gasteiger partial charge in [0.1, 0.15) is 0 Å². The Hall–Kier alpha value is -3.20. The summed E-state index contributed by atoms with van der Waals surface area (Å²) in [6, 6.07) is 12.2. The Morgan fingerprint density at radius 1 is 1.04 bits per heavy atom. The van der Waals surface area contributed by atoms with Gasteiger partial charge in [0, 0.05) is 18.4 Å². The van der Waals surface area contributed by atoms with Gasteiger partial charge in [-0.05, 0) is 36.4 Å². The Kier molecular flexibility index (Phi) is 4.95. The average molecular weight is 387 g/mol. The Balaban J connectivity index is 1.71. The molecule has 0 radical (unpaired) electrons. The molecule has 1 amide bonds. The van der Waals surface area contributed by atoms with Crippen molar-refractivity contribution >= 4 is 32.2 Å². The zero-order valence-corrected chi connectivity index (χ0v) is 15.2. The van der Waals surface area contributed by atoms with Crippen LogP contribution in [0.15, 0.2) is 63.0 Å². The van der Waals surface area contributed by atoms with Gasteiger partial charge in [-0.25, -0.2) is 13.1 Å². The Bertz CT molecular complexity index is 1220. The summed E-state index contributed by atoms with van der Waals surface area (Å²) in [6.07, 6.45) is 1.06. The first-order chi connectivity index (χ1) is 12.8. The fourth-order valence-corrected chi connectivity index (χ4v) is 3.26. The maximum Gasteiger partial charge on any atom is 0.273 e. The molecular formula is C18H17N3O5S. The number of fused-ring (bicyclic) bond motifs is 1. The van der Waals surface area contributed by atoms with Gasteiger partial charge < -0.3 is 5.32 Å². The Morgan fingerprint density at radius 2 is 1.67 bits per heavy atom. The number of aromatic amines is 1. The SMILES string of the molecule is CS(=O)(=O)c1ccc(NC(=O)CCn2[nH]c(=O)c3ccccc3c2=O)cc1. The second-order valence-electron chi connectivity index (χ2n) is 6.04. The van der Waals surface area contributed by atoms with Gasteiger partial charge in [-0.2, -0.15) is 0 Å². The van der Waals surface area contributed by atoms with E-state index in [-0.39, 0.29) is 34.7 Å². The van der Waals surface area contributed by atoms with E-state index in [1.165, 1.54) is 24.3 Å². The van der Waals surface area contributed by atoms with Crippen LogP contribution in [-0.2, 0) is 21.2 Å². The van der Waals surface area contributed by atoms with Crippen molar-refractivity contribution in [1.82, 2.24) is 9.78 Å². The number of hydrogen-bond donors (Lipinski definition) is 2. The molecule has 9 heteroatoms. The van der Waals surface area contributed by atoms with Crippen molar-refractivity contribution in [1.29, 1.82) is 0 Å². The van der Waals surface area contributed by atoms with Gasteiger partial charge in [0.2, 0.25) is 5.91 Å². The van der Waals surface area contributed by atoms with Crippen LogP contribution in [0, 0.1) is 0 Å². The Labute approximate surface area is 154 Å². The number of aryl methyl sites for hydroxylation is 1. The third-order valence-electron chi connectivity index (χ3n) is 4.01. The predicted molar refractivity (Wildman–Crippen MR) is 102 cm³/mol. The lowest BCUT2D eigenvalue weighted by Crippen LogP contribution is -2.31. The quantitative estimate of drug-likeness (QED) is 0.680. The number of nitrogens with zero attached hydrogens (tertiary/aromatic N) is 1. The second kappa shape index (κ2) is 7.20. The van der Waals surface area contributed by atoms with Crippen molar-refractivity contribution in [3.05, 3.63) is 69.2 Å². The lowest BCUT2D eigenvalue weighted by Gasteiger charge is -2.08. The average Bonchev–Trinajstić information content (AvgIpc) is 2.63. The summed E-state index contributed by atoms with van der Waals surface area (Å²) in [4.78, 5) is 36.7. The van der Waals surface area contributed by atoms with E-state index >= 15 is 0 Å². The van der Waals surface area contributed by atoms with Gasteiger partial charge in [0.05, 0.1) is 22.2 Å². The summed E-state index contributed by atoms with van der Waals surface area (Å²) < 4.78 is 24.0. The van der Waals surface area contributed by atoms with Crippen LogP contribution in [0.1, 0.15) is 6.42 Å². The number of H-pyrrole nitrogens is 1. The molecule has 2 aromatic carbocycles. The molecule has 27 heavy (non-hydrogen) atoms. The molecule has 0 bridgehead atoms. The molecule has 140 valence electrons. The molecule has 0 fully saturated rings. The maximum atomic E-state index is 12.4. The van der Waals surface area contributed by atoms with Crippen LogP contribution in [0.25, 0.3) is 10.8 Å². The molecule has 0 aliphatic rings. The highest BCUT2D eigenvalue weighted by atomic mass is 32.2. The van der Waals surface area contributed by atoms with E-state index in [0.29, 0.717) is 11.1 Å². The largest absolute Gasteiger partial charge is 0.326 e. The van der Waals surface area contributed by atoms with Gasteiger partial charge >= 0.3 is 0 Å². The van der Waals surface area contributed by atoms with E-state index in [1.54, 1.807) is 24.3 Å². The molecule has 0 unspecified atom stereocenters. The molecule has 0 aliphatic heterocycles. The maximum absolute atomic E-state index is 12.4. The fraction of sp³-hybridized carbons (Fsp3) is 0.167. The predicted octanol–water partition coefficient (Wildman–Crippen LogP) is 1.12. The third kappa shape index (κ3) is 4.14. The second-order valence-corrected chi connectivity index (χ2v) is 8.05. The molecule has 0 saturated heterocycles. The monoisotopic (exact) mass is 387 g/mol. The van der Waals surface area contributed by atoms with Crippen LogP contribution in [0.5, 0.6) is 0 Å². The highest BCUT2D eigenvalue weighted by Gasteiger charge is 2.10. The third-order valence-corrected chi connectivity index (χ3v) is 5.14. The smallest absolute Gasteiger partial charge is 0.273 e. The minimum atomic E-state index is -3.31. The van der Waals surface area contributed by atoms with Crippen molar-refractivity contribution in [3.63, 3.8) is 0 Å². The van der Waals surface area contributed by atoms with E-state index in [2.05, 4.69) is 10.4 Å². The molecule has 2 N–H and O–H groups in total. The standard InChI is InChI=1S/C18H17N3O5S/c1-27(25,26)13-8-6-12(7-9-13)19-16(22)10-11-21-18(24)15-5-3-2-4-14(15)17(23)20-21/h2-9H,10-11H2,1H3,(H,19,22)(H,20,23). The number of anilines is 1. The molecule has 3 rings (SSSR count). The number of sulfone groups is 1. The summed E-state index contributed by atoms with van der Waals surface area (Å²) >= 11 is 0. The number of hydrogen-bond acceptors (Lipinski definition) is 5. The molecule has 8 nitrogen and oxygen atoms in total. The highest BCUT2D eigenvalue weighted by molar-refractivity contribution is 7.90. The van der Waals surface area contributed by atoms with Crippen molar-refractivity contribution in [2.45, 2.75) is 17.9 Å². The van der Waals surface area contributed by atoms with Crippen LogP contribution < -0.4 is 16.4 Å². The number of nitrogens with one attached hydrogen (secondary N) is 2. The molecule has 1 heterocycles. The highest BCUT2D eigenvalue weighted by Crippen LogP contribution is 2.14. The summed E-state index contributed by atoms with van der Waals surface area (Å²) in [5, 5.41) is 5.67. The van der Waals surface area contributed by atoms with Gasteiger partial charge in [0.15, 0.2) is 9.84 Å². The number of carbonyl (C=O) groups excluding carboxylic acids is 1. The first-order valence-corrected chi connectivity index (χ1v) is 9.97. The van der Waals surface area contributed by atoms with Gasteiger partial charge in [0.25, 0.3) is 11.1 Å². The summed E-state index contributed by atoms with van der Waals surface area (Å²) in [5.74, 6) is -0.372. The van der Waals surface area contributed by atoms with Crippen molar-refractivity contribution in [3.8, 4) is 0 Å². The lowest BCUT2D eigenvalue weighted by atomic mass is 10.2. The number of benzene rings is 2. The van der Waals surface area contributed by atoms with Crippen molar-refractivity contribution in [2.75, 3.05) is 11.6 Å². The first kappa shape index (κ1) is 18.6. The van der Waals surface area contributed by atoms with Gasteiger partial charge in [-0.3, -0.25) is 19.5 Å². The summed E-state index contributed by atoms with van der Waals surface area (Å²) in [7, 11) is -3.31. The van der Waals surface area contributed by atoms with E-state index in [4.69, 9.17) is 0 Å². The fourth-order valence-electron chi connectivity index (χ4n) is 2.63. The van der Waals surface area contributed by atoms with Gasteiger partial charge in [-0.15, -0.1) is 0 Å². The zero-order chi connectivity index (χ0) is 19.6. The first-order valence-electron chi connectivity index (χ1n) is 8.07. The van der Waals surface area contributed by atoms with Crippen LogP contribution in [0.3, 0.4) is 0 Å². The number of aromatic nitrogens is 2. The topological polar surface area (TPSA) is 118 Å². The normalized spacial score (nSPS) is 11.4. The summed E-state index contributed by atoms with van der Waals surface area (Å²) in [5.41, 5.74) is -0.343. The molecule has 0 saturated carbocycles. The molecule has 1 aromatic heterocycles. The van der Waals surface area contributed by atoms with Gasteiger partial charge in [-0.1, -0.05) is 12.1 Å². The van der Waals surface area contributed by atoms with E-state index in [9.17, 15) is 22.8 Å². The van der Waals surface area contributed by atoms with Crippen LogP contribution >= 0.6 is 0 Å². The molecule has 0 spiro atoms.